The van der Waals surface area contributed by atoms with Crippen molar-refractivity contribution in [3.63, 3.8) is 0 Å². The van der Waals surface area contributed by atoms with Crippen LogP contribution in [0, 0.1) is 6.92 Å². The molecule has 0 saturated heterocycles. The number of nitrogens with one attached hydrogen (secondary N) is 1. The maximum atomic E-state index is 13.3. The van der Waals surface area contributed by atoms with Gasteiger partial charge >= 0.3 is 5.97 Å². The van der Waals surface area contributed by atoms with Crippen molar-refractivity contribution < 1.29 is 14.3 Å². The summed E-state index contributed by atoms with van der Waals surface area (Å²) in [5.41, 5.74) is 1.13. The summed E-state index contributed by atoms with van der Waals surface area (Å²) >= 11 is 1.23. The van der Waals surface area contributed by atoms with Crippen LogP contribution in [-0.2, 0) is 16.1 Å². The van der Waals surface area contributed by atoms with Gasteiger partial charge in [0.05, 0.1) is 17.4 Å². The number of hydrogen-bond donors (Lipinski definition) is 1. The average molecular weight is 428 g/mol. The number of carbonyl (C=O) groups excluding carboxylic acids is 2. The normalized spacial score (nSPS) is 11.1. The quantitative estimate of drug-likeness (QED) is 0.574. The number of hydrogen-bond acceptors (Lipinski definition) is 6. The van der Waals surface area contributed by atoms with Crippen molar-refractivity contribution >= 4 is 39.1 Å². The van der Waals surface area contributed by atoms with Gasteiger partial charge in [0, 0.05) is 24.6 Å². The van der Waals surface area contributed by atoms with E-state index in [4.69, 9.17) is 4.98 Å². The van der Waals surface area contributed by atoms with Gasteiger partial charge < -0.3 is 10.1 Å². The van der Waals surface area contributed by atoms with Gasteiger partial charge in [-0.3, -0.25) is 19.0 Å². The zero-order chi connectivity index (χ0) is 21.8. The number of para-hydroxylation sites is 1. The third-order valence-corrected chi connectivity index (χ3v) is 6.01. The molecule has 7 nitrogen and oxygen atoms in total. The van der Waals surface area contributed by atoms with Crippen LogP contribution in [0.5, 0.6) is 0 Å². The molecule has 0 saturated carbocycles. The van der Waals surface area contributed by atoms with Crippen molar-refractivity contribution in [3.05, 3.63) is 57.0 Å². The van der Waals surface area contributed by atoms with E-state index in [-0.39, 0.29) is 29.8 Å². The predicted molar refractivity (Wildman–Crippen MR) is 118 cm³/mol. The highest BCUT2D eigenvalue weighted by atomic mass is 32.1. The second-order valence-corrected chi connectivity index (χ2v) is 8.32. The molecule has 0 radical (unpaired) electrons. The predicted octanol–water partition coefficient (Wildman–Crippen LogP) is 4.10. The van der Waals surface area contributed by atoms with E-state index in [2.05, 4.69) is 10.1 Å². The topological polar surface area (TPSA) is 90.3 Å². The minimum atomic E-state index is -0.310. The number of aryl methyl sites for hydroxylation is 1. The van der Waals surface area contributed by atoms with Crippen molar-refractivity contribution in [1.82, 2.24) is 9.55 Å². The summed E-state index contributed by atoms with van der Waals surface area (Å²) in [6.07, 6.45) is 0.704. The Labute approximate surface area is 178 Å². The van der Waals surface area contributed by atoms with Gasteiger partial charge in [0.2, 0.25) is 0 Å². The zero-order valence-corrected chi connectivity index (χ0v) is 18.3. The smallest absolute Gasteiger partial charge is 0.305 e. The zero-order valence-electron chi connectivity index (χ0n) is 17.5. The number of esters is 1. The molecule has 158 valence electrons. The summed E-state index contributed by atoms with van der Waals surface area (Å²) in [7, 11) is 1.35. The maximum Gasteiger partial charge on any atom is 0.305 e. The van der Waals surface area contributed by atoms with E-state index in [1.165, 1.54) is 18.4 Å². The number of rotatable bonds is 7. The third-order valence-electron chi connectivity index (χ3n) is 4.82. The van der Waals surface area contributed by atoms with E-state index >= 15 is 0 Å². The number of fused-ring (bicyclic) bond motifs is 1. The summed E-state index contributed by atoms with van der Waals surface area (Å²) in [4.78, 5) is 43.3. The van der Waals surface area contributed by atoms with Crippen LogP contribution in [0.3, 0.4) is 0 Å². The standard InChI is InChI=1S/C22H25N3O4S/c1-13(2)19-24-21-17(22(28)25(19)12-8-11-16(26)29-4)14(3)18(30-21)20(27)23-15-9-6-5-7-10-15/h5-7,9-10,13H,8,11-12H2,1-4H3,(H,23,27). The Morgan fingerprint density at radius 2 is 1.93 bits per heavy atom. The molecular formula is C22H25N3O4S. The molecule has 0 aliphatic rings. The van der Waals surface area contributed by atoms with Crippen LogP contribution < -0.4 is 10.9 Å². The monoisotopic (exact) mass is 427 g/mol. The minimum Gasteiger partial charge on any atom is -0.469 e. The lowest BCUT2D eigenvalue weighted by Crippen LogP contribution is -2.26. The van der Waals surface area contributed by atoms with Crippen molar-refractivity contribution in [1.29, 1.82) is 0 Å². The van der Waals surface area contributed by atoms with Crippen LogP contribution in [-0.4, -0.2) is 28.5 Å². The fourth-order valence-electron chi connectivity index (χ4n) is 3.30. The number of benzene rings is 1. The van der Waals surface area contributed by atoms with Crippen LogP contribution in [0.2, 0.25) is 0 Å². The number of ether oxygens (including phenoxy) is 1. The molecule has 0 atom stereocenters. The van der Waals surface area contributed by atoms with Gasteiger partial charge in [0.25, 0.3) is 11.5 Å². The Hall–Kier alpha value is -3.00. The van der Waals surface area contributed by atoms with Gasteiger partial charge in [-0.2, -0.15) is 0 Å². The largest absolute Gasteiger partial charge is 0.469 e. The van der Waals surface area contributed by atoms with E-state index in [1.807, 2.05) is 44.2 Å². The van der Waals surface area contributed by atoms with Gasteiger partial charge in [0.1, 0.15) is 10.7 Å². The van der Waals surface area contributed by atoms with Crippen molar-refractivity contribution in [2.45, 2.75) is 46.1 Å². The molecule has 30 heavy (non-hydrogen) atoms. The second kappa shape index (κ2) is 9.21. The molecule has 3 aromatic rings. The fraction of sp³-hybridized carbons (Fsp3) is 0.364. The number of carbonyl (C=O) groups is 2. The van der Waals surface area contributed by atoms with E-state index in [9.17, 15) is 14.4 Å². The van der Waals surface area contributed by atoms with Gasteiger partial charge in [-0.1, -0.05) is 32.0 Å². The van der Waals surface area contributed by atoms with Crippen LogP contribution in [0.25, 0.3) is 10.2 Å². The first-order chi connectivity index (χ1) is 14.3. The summed E-state index contributed by atoms with van der Waals surface area (Å²) in [6.45, 7) is 6.07. The van der Waals surface area contributed by atoms with Gasteiger partial charge in [-0.05, 0) is 31.0 Å². The second-order valence-electron chi connectivity index (χ2n) is 7.32. The molecular weight excluding hydrogens is 402 g/mol. The molecule has 8 heteroatoms. The van der Waals surface area contributed by atoms with E-state index in [0.717, 1.165) is 0 Å². The minimum absolute atomic E-state index is 0.0178. The van der Waals surface area contributed by atoms with Crippen LogP contribution >= 0.6 is 11.3 Å². The Morgan fingerprint density at radius 3 is 2.57 bits per heavy atom. The highest BCUT2D eigenvalue weighted by Gasteiger charge is 2.22. The summed E-state index contributed by atoms with van der Waals surface area (Å²) in [5, 5.41) is 3.33. The molecule has 2 aromatic heterocycles. The summed E-state index contributed by atoms with van der Waals surface area (Å²) in [5.74, 6) is 0.0945. The SMILES string of the molecule is COC(=O)CCCn1c(C(C)C)nc2sc(C(=O)Nc3ccccc3)c(C)c2c1=O. The number of methoxy groups -OCH3 is 1. The lowest BCUT2D eigenvalue weighted by molar-refractivity contribution is -0.140. The number of nitrogens with zero attached hydrogens (tertiary/aromatic N) is 2. The molecule has 3 rings (SSSR count). The lowest BCUT2D eigenvalue weighted by atomic mass is 10.1. The van der Waals surface area contributed by atoms with Crippen LogP contribution in [0.4, 0.5) is 5.69 Å². The van der Waals surface area contributed by atoms with Crippen LogP contribution in [0.15, 0.2) is 35.1 Å². The number of amides is 1. The Kier molecular flexibility index (Phi) is 6.66. The lowest BCUT2D eigenvalue weighted by Gasteiger charge is -2.14. The Morgan fingerprint density at radius 1 is 1.23 bits per heavy atom. The molecule has 0 aliphatic carbocycles. The molecule has 0 fully saturated rings. The summed E-state index contributed by atoms with van der Waals surface area (Å²) < 4.78 is 6.30. The van der Waals surface area contributed by atoms with E-state index < -0.39 is 0 Å². The van der Waals surface area contributed by atoms with Gasteiger partial charge in [0.15, 0.2) is 0 Å². The molecule has 0 spiro atoms. The first-order valence-electron chi connectivity index (χ1n) is 9.80. The Balaban J connectivity index is 2.00. The molecule has 0 unspecified atom stereocenters. The average Bonchev–Trinajstić information content (AvgIpc) is 3.06. The number of anilines is 1. The van der Waals surface area contributed by atoms with Gasteiger partial charge in [-0.15, -0.1) is 11.3 Å². The first kappa shape index (κ1) is 21.7. The highest BCUT2D eigenvalue weighted by molar-refractivity contribution is 7.20. The van der Waals surface area contributed by atoms with Crippen molar-refractivity contribution in [2.75, 3.05) is 12.4 Å². The van der Waals surface area contributed by atoms with E-state index in [1.54, 1.807) is 11.5 Å². The Bertz CT molecular complexity index is 1130. The summed E-state index contributed by atoms with van der Waals surface area (Å²) in [6, 6.07) is 9.18. The fourth-order valence-corrected chi connectivity index (χ4v) is 4.37. The van der Waals surface area contributed by atoms with Gasteiger partial charge in [-0.25, -0.2) is 4.98 Å². The molecule has 2 heterocycles. The molecule has 0 aliphatic heterocycles. The van der Waals surface area contributed by atoms with Crippen molar-refractivity contribution in [3.8, 4) is 0 Å². The maximum absolute atomic E-state index is 13.3. The first-order valence-corrected chi connectivity index (χ1v) is 10.6. The van der Waals surface area contributed by atoms with Crippen molar-refractivity contribution in [2.24, 2.45) is 0 Å². The molecule has 1 amide bonds. The third kappa shape index (κ3) is 4.43. The molecule has 0 bridgehead atoms. The highest BCUT2D eigenvalue weighted by Crippen LogP contribution is 2.29. The molecule has 1 N–H and O–H groups in total. The van der Waals surface area contributed by atoms with Crippen LogP contribution in [0.1, 0.15) is 53.7 Å². The number of aromatic nitrogens is 2. The van der Waals surface area contributed by atoms with E-state index in [0.29, 0.717) is 45.1 Å². The molecule has 1 aromatic carbocycles. The number of thiophene rings is 1.